The summed E-state index contributed by atoms with van der Waals surface area (Å²) < 4.78 is 33.3. The molecule has 1 aliphatic rings. The Hall–Kier alpha value is -2.13. The molecule has 0 unspecified atom stereocenters. The lowest BCUT2D eigenvalue weighted by atomic mass is 10.2. The number of carbonyl (C=O) groups is 1. The van der Waals surface area contributed by atoms with Crippen LogP contribution >= 0.6 is 23.7 Å². The number of thiazole rings is 1. The molecule has 1 fully saturated rings. The maximum Gasteiger partial charge on any atom is 0.260 e. The minimum absolute atomic E-state index is 0. The molecule has 0 spiro atoms. The molecular weight excluding hydrogens is 432 g/mol. The van der Waals surface area contributed by atoms with Crippen molar-refractivity contribution in [2.75, 3.05) is 44.3 Å². The molecule has 0 atom stereocenters. The number of fused-ring (bicyclic) bond motifs is 1. The van der Waals surface area contributed by atoms with Crippen molar-refractivity contribution in [3.63, 3.8) is 0 Å². The van der Waals surface area contributed by atoms with Crippen molar-refractivity contribution in [3.05, 3.63) is 59.7 Å². The Morgan fingerprint density at radius 1 is 1.13 bits per heavy atom. The highest BCUT2D eigenvalue weighted by atomic mass is 35.5. The van der Waals surface area contributed by atoms with Gasteiger partial charge in [0.05, 0.1) is 23.4 Å². The van der Waals surface area contributed by atoms with E-state index >= 15 is 0 Å². The molecule has 2 aromatic carbocycles. The molecule has 4 rings (SSSR count). The number of carbonyl (C=O) groups excluding carboxylic acids is 1. The van der Waals surface area contributed by atoms with Gasteiger partial charge in [0.25, 0.3) is 5.91 Å². The van der Waals surface area contributed by atoms with Gasteiger partial charge in [-0.1, -0.05) is 23.5 Å². The number of halogens is 3. The van der Waals surface area contributed by atoms with Gasteiger partial charge < -0.3 is 4.74 Å². The summed E-state index contributed by atoms with van der Waals surface area (Å²) >= 11 is 1.41. The van der Waals surface area contributed by atoms with E-state index in [0.29, 0.717) is 11.7 Å². The highest BCUT2D eigenvalue weighted by molar-refractivity contribution is 7.22. The van der Waals surface area contributed by atoms with E-state index in [4.69, 9.17) is 4.74 Å². The van der Waals surface area contributed by atoms with Gasteiger partial charge in [-0.25, -0.2) is 13.8 Å². The first-order chi connectivity index (χ1) is 14.1. The van der Waals surface area contributed by atoms with Crippen LogP contribution in [0.3, 0.4) is 0 Å². The first-order valence-corrected chi connectivity index (χ1v) is 10.4. The van der Waals surface area contributed by atoms with E-state index in [9.17, 15) is 13.6 Å². The fourth-order valence-electron chi connectivity index (χ4n) is 3.32. The molecule has 30 heavy (non-hydrogen) atoms. The van der Waals surface area contributed by atoms with Crippen molar-refractivity contribution in [3.8, 4) is 0 Å². The molecule has 0 N–H and O–H groups in total. The summed E-state index contributed by atoms with van der Waals surface area (Å²) in [6.07, 6.45) is 0.741. The molecule has 0 aliphatic carbocycles. The van der Waals surface area contributed by atoms with E-state index < -0.39 is 11.6 Å². The van der Waals surface area contributed by atoms with E-state index in [2.05, 4.69) is 9.88 Å². The number of amides is 1. The van der Waals surface area contributed by atoms with Gasteiger partial charge in [0, 0.05) is 31.7 Å². The van der Waals surface area contributed by atoms with Crippen LogP contribution in [-0.2, 0) is 4.74 Å². The fraction of sp³-hybridized carbons (Fsp3) is 0.333. The van der Waals surface area contributed by atoms with E-state index in [-0.39, 0.29) is 23.9 Å². The second-order valence-electron chi connectivity index (χ2n) is 6.86. The molecule has 9 heteroatoms. The van der Waals surface area contributed by atoms with E-state index in [0.717, 1.165) is 61.6 Å². The minimum atomic E-state index is -1.03. The number of ether oxygens (including phenoxy) is 1. The Bertz CT molecular complexity index is 978. The molecule has 3 aromatic rings. The normalized spacial score (nSPS) is 14.5. The maximum absolute atomic E-state index is 13.7. The fourth-order valence-corrected chi connectivity index (χ4v) is 4.31. The number of hydrogen-bond acceptors (Lipinski definition) is 5. The SMILES string of the molecule is Cl.O=C(c1ccc(F)c(F)c1)N(CCCN1CCOCC1)c1nc2ccccc2s1. The number of morpholine rings is 1. The number of anilines is 1. The van der Waals surface area contributed by atoms with Crippen LogP contribution in [0.1, 0.15) is 16.8 Å². The average Bonchev–Trinajstić information content (AvgIpc) is 3.17. The van der Waals surface area contributed by atoms with Crippen molar-refractivity contribution in [2.45, 2.75) is 6.42 Å². The number of rotatable bonds is 6. The first kappa shape index (κ1) is 22.6. The maximum atomic E-state index is 13.7. The number of para-hydroxylation sites is 1. The summed E-state index contributed by atoms with van der Waals surface area (Å²) in [6, 6.07) is 10.9. The summed E-state index contributed by atoms with van der Waals surface area (Å²) in [5.74, 6) is -2.39. The van der Waals surface area contributed by atoms with E-state index in [1.807, 2.05) is 24.3 Å². The molecule has 5 nitrogen and oxygen atoms in total. The van der Waals surface area contributed by atoms with Crippen molar-refractivity contribution in [2.24, 2.45) is 0 Å². The van der Waals surface area contributed by atoms with Crippen LogP contribution in [0.2, 0.25) is 0 Å². The third-order valence-corrected chi connectivity index (χ3v) is 5.94. The molecule has 0 saturated carbocycles. The van der Waals surface area contributed by atoms with Crippen LogP contribution in [0.5, 0.6) is 0 Å². The standard InChI is InChI=1S/C21H21F2N3O2S.ClH/c22-16-7-6-15(14-17(16)23)20(27)26(9-3-8-25-10-12-28-13-11-25)21-24-18-4-1-2-5-19(18)29-21;/h1-2,4-7,14H,3,8-13H2;1H. The Labute approximate surface area is 183 Å². The highest BCUT2D eigenvalue weighted by Crippen LogP contribution is 2.30. The largest absolute Gasteiger partial charge is 0.379 e. The monoisotopic (exact) mass is 453 g/mol. The summed E-state index contributed by atoms with van der Waals surface area (Å²) in [6.45, 7) is 4.45. The third-order valence-electron chi connectivity index (χ3n) is 4.88. The summed E-state index contributed by atoms with van der Waals surface area (Å²) in [7, 11) is 0. The third kappa shape index (κ3) is 5.13. The molecular formula is C21H22ClF2N3O2S. The Morgan fingerprint density at radius 3 is 2.63 bits per heavy atom. The van der Waals surface area contributed by atoms with Crippen LogP contribution in [0, 0.1) is 11.6 Å². The van der Waals surface area contributed by atoms with Gasteiger partial charge in [-0.2, -0.15) is 0 Å². The van der Waals surface area contributed by atoms with Crippen LogP contribution in [0.15, 0.2) is 42.5 Å². The second-order valence-corrected chi connectivity index (χ2v) is 7.87. The second kappa shape index (κ2) is 10.3. The van der Waals surface area contributed by atoms with Crippen molar-refractivity contribution >= 4 is 45.0 Å². The van der Waals surface area contributed by atoms with Crippen molar-refractivity contribution in [1.29, 1.82) is 0 Å². The average molecular weight is 454 g/mol. The predicted molar refractivity (Wildman–Crippen MR) is 117 cm³/mol. The zero-order chi connectivity index (χ0) is 20.2. The molecule has 2 heterocycles. The molecule has 0 bridgehead atoms. The van der Waals surface area contributed by atoms with Crippen LogP contribution < -0.4 is 4.90 Å². The van der Waals surface area contributed by atoms with Crippen LogP contribution in [-0.4, -0.2) is 55.2 Å². The molecule has 1 saturated heterocycles. The summed E-state index contributed by atoms with van der Waals surface area (Å²) in [4.78, 5) is 21.6. The number of nitrogens with zero attached hydrogens (tertiary/aromatic N) is 3. The smallest absolute Gasteiger partial charge is 0.260 e. The van der Waals surface area contributed by atoms with Gasteiger partial charge in [0.2, 0.25) is 0 Å². The lowest BCUT2D eigenvalue weighted by molar-refractivity contribution is 0.0376. The quantitative estimate of drug-likeness (QED) is 0.556. The minimum Gasteiger partial charge on any atom is -0.379 e. The van der Waals surface area contributed by atoms with Crippen LogP contribution in [0.25, 0.3) is 10.2 Å². The predicted octanol–water partition coefficient (Wildman–Crippen LogP) is 4.37. The topological polar surface area (TPSA) is 45.7 Å². The lowest BCUT2D eigenvalue weighted by Crippen LogP contribution is -2.39. The van der Waals surface area contributed by atoms with Crippen molar-refractivity contribution < 1.29 is 18.3 Å². The molecule has 1 amide bonds. The number of hydrogen-bond donors (Lipinski definition) is 0. The van der Waals surface area contributed by atoms with Crippen LogP contribution in [0.4, 0.5) is 13.9 Å². The molecule has 160 valence electrons. The number of benzene rings is 2. The van der Waals surface area contributed by atoms with Gasteiger partial charge in [-0.3, -0.25) is 14.6 Å². The van der Waals surface area contributed by atoms with Gasteiger partial charge in [-0.05, 0) is 36.8 Å². The zero-order valence-corrected chi connectivity index (χ0v) is 17.9. The van der Waals surface area contributed by atoms with Gasteiger partial charge in [-0.15, -0.1) is 12.4 Å². The molecule has 0 radical (unpaired) electrons. The number of aromatic nitrogens is 1. The molecule has 1 aliphatic heterocycles. The zero-order valence-electron chi connectivity index (χ0n) is 16.2. The Kier molecular flexibility index (Phi) is 7.71. The molecule has 1 aromatic heterocycles. The van der Waals surface area contributed by atoms with E-state index in [1.165, 1.54) is 17.4 Å². The van der Waals surface area contributed by atoms with Gasteiger partial charge in [0.1, 0.15) is 0 Å². The highest BCUT2D eigenvalue weighted by Gasteiger charge is 2.22. The Balaban J connectivity index is 0.00000256. The van der Waals surface area contributed by atoms with Gasteiger partial charge in [0.15, 0.2) is 16.8 Å². The summed E-state index contributed by atoms with van der Waals surface area (Å²) in [5, 5.41) is 0.558. The van der Waals surface area contributed by atoms with Gasteiger partial charge >= 0.3 is 0 Å². The van der Waals surface area contributed by atoms with E-state index in [1.54, 1.807) is 4.90 Å². The van der Waals surface area contributed by atoms with Crippen molar-refractivity contribution in [1.82, 2.24) is 9.88 Å². The Morgan fingerprint density at radius 2 is 1.90 bits per heavy atom. The summed E-state index contributed by atoms with van der Waals surface area (Å²) in [5.41, 5.74) is 0.915. The first-order valence-electron chi connectivity index (χ1n) is 9.54. The lowest BCUT2D eigenvalue weighted by Gasteiger charge is -2.27.